The van der Waals surface area contributed by atoms with E-state index in [0.717, 1.165) is 5.56 Å². The van der Waals surface area contributed by atoms with Gasteiger partial charge in [0.25, 0.3) is 5.91 Å². The van der Waals surface area contributed by atoms with Crippen LogP contribution in [0.2, 0.25) is 0 Å². The van der Waals surface area contributed by atoms with Crippen molar-refractivity contribution in [2.24, 2.45) is 5.92 Å². The molecule has 1 atom stereocenters. The molecule has 108 valence electrons. The number of amides is 3. The molecule has 1 aliphatic rings. The van der Waals surface area contributed by atoms with Gasteiger partial charge in [-0.15, -0.1) is 0 Å². The summed E-state index contributed by atoms with van der Waals surface area (Å²) in [5, 5.41) is 0. The Morgan fingerprint density at radius 1 is 1.00 bits per heavy atom. The van der Waals surface area contributed by atoms with E-state index in [-0.39, 0.29) is 36.5 Å². The van der Waals surface area contributed by atoms with Crippen LogP contribution in [-0.4, -0.2) is 34.3 Å². The molecule has 1 aliphatic heterocycles. The number of benzene rings is 1. The minimum absolute atomic E-state index is 0.0417. The van der Waals surface area contributed by atoms with E-state index in [4.69, 9.17) is 0 Å². The normalized spacial score (nSPS) is 17.5. The molecular weight excluding hydrogens is 252 g/mol. The fourth-order valence-corrected chi connectivity index (χ4v) is 2.69. The van der Waals surface area contributed by atoms with Crippen molar-refractivity contribution in [3.05, 3.63) is 35.9 Å². The van der Waals surface area contributed by atoms with E-state index in [1.54, 1.807) is 4.90 Å². The standard InChI is InChI=1S/C16H22N2O2/c1-11(2)15(13-8-6-5-7-9-13)18-14(19)10-17(12(3)4)16(18)20/h5-9,11-12,15H,10H2,1-4H3/t15-/m1/s1. The van der Waals surface area contributed by atoms with Gasteiger partial charge in [-0.1, -0.05) is 44.2 Å². The molecule has 0 spiro atoms. The number of rotatable bonds is 4. The average molecular weight is 274 g/mol. The molecule has 3 amide bonds. The van der Waals surface area contributed by atoms with Crippen molar-refractivity contribution >= 4 is 11.9 Å². The highest BCUT2D eigenvalue weighted by Gasteiger charge is 2.42. The summed E-state index contributed by atoms with van der Waals surface area (Å²) in [6.45, 7) is 8.13. The Kier molecular flexibility index (Phi) is 4.12. The van der Waals surface area contributed by atoms with Gasteiger partial charge in [-0.3, -0.25) is 9.69 Å². The number of nitrogens with zero attached hydrogens (tertiary/aromatic N) is 2. The highest BCUT2D eigenvalue weighted by molar-refractivity contribution is 6.02. The first-order valence-electron chi connectivity index (χ1n) is 7.11. The molecule has 0 saturated carbocycles. The summed E-state index contributed by atoms with van der Waals surface area (Å²) < 4.78 is 0. The summed E-state index contributed by atoms with van der Waals surface area (Å²) in [7, 11) is 0. The number of hydrogen-bond donors (Lipinski definition) is 0. The molecule has 20 heavy (non-hydrogen) atoms. The van der Waals surface area contributed by atoms with E-state index >= 15 is 0 Å². The zero-order valence-corrected chi connectivity index (χ0v) is 12.5. The van der Waals surface area contributed by atoms with Gasteiger partial charge in [0.05, 0.1) is 6.04 Å². The second-order valence-corrected chi connectivity index (χ2v) is 5.87. The van der Waals surface area contributed by atoms with E-state index < -0.39 is 0 Å². The molecule has 0 aliphatic carbocycles. The van der Waals surface area contributed by atoms with Gasteiger partial charge in [-0.25, -0.2) is 4.79 Å². The Labute approximate surface area is 120 Å². The van der Waals surface area contributed by atoms with Crippen LogP contribution in [0.1, 0.15) is 39.3 Å². The van der Waals surface area contributed by atoms with Crippen LogP contribution in [-0.2, 0) is 4.79 Å². The maximum absolute atomic E-state index is 12.5. The molecule has 0 unspecified atom stereocenters. The van der Waals surface area contributed by atoms with E-state index in [1.165, 1.54) is 4.90 Å². The van der Waals surface area contributed by atoms with Gasteiger partial charge in [-0.2, -0.15) is 0 Å². The summed E-state index contributed by atoms with van der Waals surface area (Å²) in [4.78, 5) is 27.8. The van der Waals surface area contributed by atoms with Crippen molar-refractivity contribution in [2.75, 3.05) is 6.54 Å². The second-order valence-electron chi connectivity index (χ2n) is 5.87. The van der Waals surface area contributed by atoms with Gasteiger partial charge < -0.3 is 4.90 Å². The third-order valence-corrected chi connectivity index (χ3v) is 3.70. The van der Waals surface area contributed by atoms with Crippen LogP contribution in [0.5, 0.6) is 0 Å². The number of carbonyl (C=O) groups is 2. The zero-order valence-electron chi connectivity index (χ0n) is 12.5. The largest absolute Gasteiger partial charge is 0.328 e. The van der Waals surface area contributed by atoms with E-state index in [2.05, 4.69) is 0 Å². The van der Waals surface area contributed by atoms with Gasteiger partial charge in [0.2, 0.25) is 0 Å². The lowest BCUT2D eigenvalue weighted by atomic mass is 9.94. The lowest BCUT2D eigenvalue weighted by molar-refractivity contribution is -0.127. The van der Waals surface area contributed by atoms with E-state index in [9.17, 15) is 9.59 Å². The predicted molar refractivity (Wildman–Crippen MR) is 78.1 cm³/mol. The Hall–Kier alpha value is -1.84. The third kappa shape index (κ3) is 2.55. The molecular formula is C16H22N2O2. The predicted octanol–water partition coefficient (Wildman–Crippen LogP) is 3.06. The summed E-state index contributed by atoms with van der Waals surface area (Å²) in [5.41, 5.74) is 1.01. The van der Waals surface area contributed by atoms with Crippen molar-refractivity contribution < 1.29 is 9.59 Å². The topological polar surface area (TPSA) is 40.6 Å². The van der Waals surface area contributed by atoms with Gasteiger partial charge in [0.15, 0.2) is 0 Å². The molecule has 4 nitrogen and oxygen atoms in total. The molecule has 0 bridgehead atoms. The first-order valence-corrected chi connectivity index (χ1v) is 7.11. The van der Waals surface area contributed by atoms with Gasteiger partial charge in [-0.05, 0) is 25.3 Å². The van der Waals surface area contributed by atoms with Crippen LogP contribution in [0.15, 0.2) is 30.3 Å². The van der Waals surface area contributed by atoms with Crippen molar-refractivity contribution in [2.45, 2.75) is 39.8 Å². The minimum Gasteiger partial charge on any atom is -0.313 e. The first kappa shape index (κ1) is 14.6. The highest BCUT2D eigenvalue weighted by Crippen LogP contribution is 2.32. The maximum atomic E-state index is 12.5. The van der Waals surface area contributed by atoms with Gasteiger partial charge in [0, 0.05) is 6.04 Å². The fraction of sp³-hybridized carbons (Fsp3) is 0.500. The van der Waals surface area contributed by atoms with Crippen molar-refractivity contribution in [1.82, 2.24) is 9.80 Å². The van der Waals surface area contributed by atoms with Crippen LogP contribution in [0, 0.1) is 5.92 Å². The van der Waals surface area contributed by atoms with Gasteiger partial charge in [0.1, 0.15) is 6.54 Å². The van der Waals surface area contributed by atoms with Crippen LogP contribution >= 0.6 is 0 Å². The molecule has 1 saturated heterocycles. The Morgan fingerprint density at radius 3 is 2.05 bits per heavy atom. The summed E-state index contributed by atoms with van der Waals surface area (Å²) in [5.74, 6) is 0.0728. The minimum atomic E-state index is -0.194. The number of carbonyl (C=O) groups excluding carboxylic acids is 2. The van der Waals surface area contributed by atoms with Crippen LogP contribution in [0.4, 0.5) is 4.79 Å². The SMILES string of the molecule is CC(C)[C@H](c1ccccc1)N1C(=O)CN(C(C)C)C1=O. The smallest absolute Gasteiger partial charge is 0.313 e. The monoisotopic (exact) mass is 274 g/mol. The van der Waals surface area contributed by atoms with Gasteiger partial charge >= 0.3 is 6.03 Å². The maximum Gasteiger partial charge on any atom is 0.328 e. The lowest BCUT2D eigenvalue weighted by Crippen LogP contribution is -2.40. The average Bonchev–Trinajstić information content (AvgIpc) is 2.68. The summed E-state index contributed by atoms with van der Waals surface area (Å²) >= 11 is 0. The van der Waals surface area contributed by atoms with E-state index in [0.29, 0.717) is 0 Å². The fourth-order valence-electron chi connectivity index (χ4n) is 2.69. The summed E-state index contributed by atoms with van der Waals surface area (Å²) in [6.07, 6.45) is 0. The third-order valence-electron chi connectivity index (χ3n) is 3.70. The molecule has 0 aromatic heterocycles. The molecule has 4 heteroatoms. The van der Waals surface area contributed by atoms with Crippen LogP contribution in [0.3, 0.4) is 0 Å². The number of hydrogen-bond acceptors (Lipinski definition) is 2. The molecule has 0 radical (unpaired) electrons. The van der Waals surface area contributed by atoms with Crippen LogP contribution in [0.25, 0.3) is 0 Å². The molecule has 1 aromatic carbocycles. The quantitative estimate of drug-likeness (QED) is 0.792. The van der Waals surface area contributed by atoms with E-state index in [1.807, 2.05) is 58.0 Å². The van der Waals surface area contributed by atoms with Crippen molar-refractivity contribution in [3.63, 3.8) is 0 Å². The molecule has 0 N–H and O–H groups in total. The lowest BCUT2D eigenvalue weighted by Gasteiger charge is -2.30. The zero-order chi connectivity index (χ0) is 14.9. The van der Waals surface area contributed by atoms with Crippen LogP contribution < -0.4 is 0 Å². The summed E-state index contributed by atoms with van der Waals surface area (Å²) in [6, 6.07) is 9.44. The molecule has 1 heterocycles. The van der Waals surface area contributed by atoms with Crippen molar-refractivity contribution in [1.29, 1.82) is 0 Å². The number of urea groups is 1. The van der Waals surface area contributed by atoms with Crippen molar-refractivity contribution in [3.8, 4) is 0 Å². The molecule has 1 fully saturated rings. The Balaban J connectivity index is 2.36. The molecule has 1 aromatic rings. The number of imide groups is 1. The molecule has 2 rings (SSSR count). The first-order chi connectivity index (χ1) is 9.43. The highest BCUT2D eigenvalue weighted by atomic mass is 16.2. The Bertz CT molecular complexity index is 496. The second kappa shape index (κ2) is 5.65. The Morgan fingerprint density at radius 2 is 1.60 bits per heavy atom.